The standard InChI is InChI=1S/C20H18BrNO3/c1-2-25-20(24)16-8-11-18(12-9-16)22-19(23)13-10-17(21)14-15-6-4-3-5-7-15/h3-14H,2H2,1H3,(H,22,23)/b13-10+,17-14-. The van der Waals surface area contributed by atoms with Gasteiger partial charge in [-0.15, -0.1) is 0 Å². The smallest absolute Gasteiger partial charge is 0.338 e. The van der Waals surface area contributed by atoms with E-state index in [4.69, 9.17) is 4.74 Å². The number of halogens is 1. The third kappa shape index (κ3) is 6.39. The number of amides is 1. The number of benzene rings is 2. The number of nitrogens with one attached hydrogen (secondary N) is 1. The van der Waals surface area contributed by atoms with Crippen molar-refractivity contribution in [2.45, 2.75) is 6.92 Å². The minimum absolute atomic E-state index is 0.262. The van der Waals surface area contributed by atoms with Crippen LogP contribution in [0.3, 0.4) is 0 Å². The SMILES string of the molecule is CCOC(=O)c1ccc(NC(=O)/C=C/C(Br)=C/c2ccccc2)cc1. The van der Waals surface area contributed by atoms with Crippen LogP contribution in [-0.2, 0) is 9.53 Å². The zero-order valence-electron chi connectivity index (χ0n) is 13.7. The summed E-state index contributed by atoms with van der Waals surface area (Å²) in [4.78, 5) is 23.5. The number of carbonyl (C=O) groups excluding carboxylic acids is 2. The van der Waals surface area contributed by atoms with E-state index in [0.717, 1.165) is 10.0 Å². The molecule has 0 saturated carbocycles. The summed E-state index contributed by atoms with van der Waals surface area (Å²) in [5.41, 5.74) is 2.09. The molecule has 4 nitrogen and oxygen atoms in total. The molecule has 0 spiro atoms. The van der Waals surface area contributed by atoms with Crippen molar-refractivity contribution in [3.8, 4) is 0 Å². The summed E-state index contributed by atoms with van der Waals surface area (Å²) in [6.07, 6.45) is 5.02. The maximum atomic E-state index is 12.0. The fraction of sp³-hybridized carbons (Fsp3) is 0.100. The Morgan fingerprint density at radius 1 is 1.04 bits per heavy atom. The zero-order chi connectivity index (χ0) is 18.1. The van der Waals surface area contributed by atoms with Crippen LogP contribution in [0.2, 0.25) is 0 Å². The summed E-state index contributed by atoms with van der Waals surface area (Å²) < 4.78 is 5.70. The van der Waals surface area contributed by atoms with Crippen molar-refractivity contribution in [2.75, 3.05) is 11.9 Å². The quantitative estimate of drug-likeness (QED) is 0.431. The number of hydrogen-bond donors (Lipinski definition) is 1. The lowest BCUT2D eigenvalue weighted by molar-refractivity contribution is -0.111. The predicted octanol–water partition coefficient (Wildman–Crippen LogP) is 4.79. The second-order valence-electron chi connectivity index (χ2n) is 5.06. The lowest BCUT2D eigenvalue weighted by Crippen LogP contribution is -2.09. The minimum Gasteiger partial charge on any atom is -0.462 e. The molecular formula is C20H18BrNO3. The molecule has 128 valence electrons. The minimum atomic E-state index is -0.379. The average molecular weight is 400 g/mol. The van der Waals surface area contributed by atoms with Gasteiger partial charge in [0, 0.05) is 16.2 Å². The number of esters is 1. The average Bonchev–Trinajstić information content (AvgIpc) is 2.62. The third-order valence-corrected chi connectivity index (χ3v) is 3.65. The van der Waals surface area contributed by atoms with Crippen molar-refractivity contribution in [2.24, 2.45) is 0 Å². The molecule has 0 aliphatic heterocycles. The lowest BCUT2D eigenvalue weighted by atomic mass is 10.2. The van der Waals surface area contributed by atoms with Crippen molar-refractivity contribution < 1.29 is 14.3 Å². The van der Waals surface area contributed by atoms with Crippen molar-refractivity contribution in [1.29, 1.82) is 0 Å². The van der Waals surface area contributed by atoms with E-state index < -0.39 is 0 Å². The molecule has 0 aromatic heterocycles. The summed E-state index contributed by atoms with van der Waals surface area (Å²) in [5.74, 6) is -0.641. The van der Waals surface area contributed by atoms with Gasteiger partial charge >= 0.3 is 5.97 Å². The Morgan fingerprint density at radius 3 is 2.36 bits per heavy atom. The summed E-state index contributed by atoms with van der Waals surface area (Å²) in [6.45, 7) is 2.08. The number of carbonyl (C=O) groups is 2. The number of ether oxygens (including phenoxy) is 1. The van der Waals surface area contributed by atoms with Crippen molar-refractivity contribution in [3.63, 3.8) is 0 Å². The highest BCUT2D eigenvalue weighted by Crippen LogP contribution is 2.14. The summed E-state index contributed by atoms with van der Waals surface area (Å²) in [7, 11) is 0. The molecule has 0 bridgehead atoms. The molecule has 0 radical (unpaired) electrons. The van der Waals surface area contributed by atoms with Crippen molar-refractivity contribution in [3.05, 3.63) is 82.4 Å². The number of hydrogen-bond acceptors (Lipinski definition) is 3. The van der Waals surface area contributed by atoms with Crippen LogP contribution in [0.5, 0.6) is 0 Å². The molecule has 0 aliphatic rings. The van der Waals surface area contributed by atoms with Gasteiger partial charge in [-0.1, -0.05) is 46.3 Å². The van der Waals surface area contributed by atoms with Crippen LogP contribution in [0.4, 0.5) is 5.69 Å². The Morgan fingerprint density at radius 2 is 1.72 bits per heavy atom. The highest BCUT2D eigenvalue weighted by molar-refractivity contribution is 9.12. The molecule has 5 heteroatoms. The predicted molar refractivity (Wildman–Crippen MR) is 104 cm³/mol. The Labute approximate surface area is 155 Å². The van der Waals surface area contributed by atoms with Crippen LogP contribution in [-0.4, -0.2) is 18.5 Å². The topological polar surface area (TPSA) is 55.4 Å². The van der Waals surface area contributed by atoms with E-state index in [1.54, 1.807) is 37.3 Å². The van der Waals surface area contributed by atoms with Crippen LogP contribution in [0.25, 0.3) is 6.08 Å². The van der Waals surface area contributed by atoms with E-state index in [-0.39, 0.29) is 11.9 Å². The van der Waals surface area contributed by atoms with Gasteiger partial charge in [0.1, 0.15) is 0 Å². The highest BCUT2D eigenvalue weighted by Gasteiger charge is 2.06. The maximum absolute atomic E-state index is 12.0. The molecule has 0 aliphatic carbocycles. The second kappa shape index (κ2) is 9.59. The number of anilines is 1. The Bertz CT molecular complexity index is 780. The normalized spacial score (nSPS) is 11.4. The fourth-order valence-corrected chi connectivity index (χ4v) is 2.40. The molecule has 0 unspecified atom stereocenters. The molecule has 0 saturated heterocycles. The molecule has 0 fully saturated rings. The molecule has 2 aromatic carbocycles. The molecule has 2 rings (SSSR count). The van der Waals surface area contributed by atoms with Crippen LogP contribution in [0.1, 0.15) is 22.8 Å². The van der Waals surface area contributed by atoms with Gasteiger partial charge in [-0.2, -0.15) is 0 Å². The van der Waals surface area contributed by atoms with E-state index in [1.807, 2.05) is 36.4 Å². The third-order valence-electron chi connectivity index (χ3n) is 3.16. The first-order chi connectivity index (χ1) is 12.1. The zero-order valence-corrected chi connectivity index (χ0v) is 15.3. The van der Waals surface area contributed by atoms with E-state index >= 15 is 0 Å². The number of rotatable bonds is 6. The molecular weight excluding hydrogens is 382 g/mol. The van der Waals surface area contributed by atoms with Crippen molar-refractivity contribution >= 4 is 39.6 Å². The van der Waals surface area contributed by atoms with E-state index in [9.17, 15) is 9.59 Å². The van der Waals surface area contributed by atoms with E-state index in [0.29, 0.717) is 17.9 Å². The Kier molecular flexibility index (Phi) is 7.16. The molecule has 0 atom stereocenters. The second-order valence-corrected chi connectivity index (χ2v) is 5.98. The van der Waals surface area contributed by atoms with Gasteiger partial charge < -0.3 is 10.1 Å². The Hall–Kier alpha value is -2.66. The number of allylic oxidation sites excluding steroid dienone is 2. The highest BCUT2D eigenvalue weighted by atomic mass is 79.9. The van der Waals surface area contributed by atoms with E-state index in [1.165, 1.54) is 6.08 Å². The fourth-order valence-electron chi connectivity index (χ4n) is 2.00. The first kappa shape index (κ1) is 18.7. The van der Waals surface area contributed by atoms with E-state index in [2.05, 4.69) is 21.2 Å². The summed E-state index contributed by atoms with van der Waals surface area (Å²) in [6, 6.07) is 16.3. The van der Waals surface area contributed by atoms with Crippen LogP contribution < -0.4 is 5.32 Å². The largest absolute Gasteiger partial charge is 0.462 e. The van der Waals surface area contributed by atoms with Gasteiger partial charge in [-0.3, -0.25) is 4.79 Å². The van der Waals surface area contributed by atoms with Gasteiger partial charge in [0.2, 0.25) is 5.91 Å². The molecule has 1 N–H and O–H groups in total. The molecule has 1 amide bonds. The van der Waals surface area contributed by atoms with Gasteiger partial charge in [-0.05, 0) is 48.9 Å². The van der Waals surface area contributed by atoms with Gasteiger partial charge in [-0.25, -0.2) is 4.79 Å². The first-order valence-electron chi connectivity index (χ1n) is 7.77. The van der Waals surface area contributed by atoms with Crippen molar-refractivity contribution in [1.82, 2.24) is 0 Å². The Balaban J connectivity index is 1.93. The van der Waals surface area contributed by atoms with Gasteiger partial charge in [0.25, 0.3) is 0 Å². The summed E-state index contributed by atoms with van der Waals surface area (Å²) in [5, 5.41) is 2.73. The van der Waals surface area contributed by atoms with Crippen LogP contribution in [0.15, 0.2) is 71.2 Å². The summed E-state index contributed by atoms with van der Waals surface area (Å²) >= 11 is 3.41. The first-order valence-corrected chi connectivity index (χ1v) is 8.56. The van der Waals surface area contributed by atoms with Gasteiger partial charge in [0.05, 0.1) is 12.2 Å². The van der Waals surface area contributed by atoms with Crippen LogP contribution >= 0.6 is 15.9 Å². The maximum Gasteiger partial charge on any atom is 0.338 e. The van der Waals surface area contributed by atoms with Crippen LogP contribution in [0, 0.1) is 0 Å². The lowest BCUT2D eigenvalue weighted by Gasteiger charge is -2.04. The monoisotopic (exact) mass is 399 g/mol. The molecule has 25 heavy (non-hydrogen) atoms. The molecule has 2 aromatic rings. The van der Waals surface area contributed by atoms with Gasteiger partial charge in [0.15, 0.2) is 0 Å². The molecule has 0 heterocycles.